The molecule has 0 fully saturated rings. The van der Waals surface area contributed by atoms with Crippen LogP contribution >= 0.6 is 0 Å². The topological polar surface area (TPSA) is 106 Å². The van der Waals surface area contributed by atoms with Gasteiger partial charge in [0.15, 0.2) is 0 Å². The van der Waals surface area contributed by atoms with Crippen molar-refractivity contribution >= 4 is 28.5 Å². The molecule has 3 aromatic rings. The van der Waals surface area contributed by atoms with E-state index < -0.39 is 10.8 Å². The van der Waals surface area contributed by atoms with Crippen LogP contribution in [-0.2, 0) is 17.8 Å². The third-order valence-corrected chi connectivity index (χ3v) is 4.98. The Labute approximate surface area is 173 Å². The number of hydrogen-bond donors (Lipinski definition) is 1. The third-order valence-electron chi connectivity index (χ3n) is 4.98. The second-order valence-corrected chi connectivity index (χ2v) is 7.04. The van der Waals surface area contributed by atoms with Gasteiger partial charge in [-0.1, -0.05) is 25.1 Å². The lowest BCUT2D eigenvalue weighted by atomic mass is 10.1. The van der Waals surface area contributed by atoms with Crippen LogP contribution in [0.2, 0.25) is 0 Å². The molecule has 3 rings (SSSR count). The number of likely N-dealkylation sites (N-methyl/N-ethyl adjacent to an activating group) is 1. The van der Waals surface area contributed by atoms with Crippen molar-refractivity contribution < 1.29 is 18.9 Å². The molecule has 1 N–H and O–H groups in total. The standard InChI is InChI=1S/C22H23N3O5/c1-4-19-17(16-7-5-6-8-20(16)30-19)13-24(3)21(26)12-23-22(27)15-9-10-18(25(28)29)14(2)11-15/h5-11H,4,12-13H2,1-3H3,(H,23,27). The molecule has 0 atom stereocenters. The smallest absolute Gasteiger partial charge is 0.272 e. The number of nitro benzene ring substituents is 1. The largest absolute Gasteiger partial charge is 0.461 e. The number of para-hydroxylation sites is 1. The molecular weight excluding hydrogens is 386 g/mol. The Balaban J connectivity index is 1.65. The summed E-state index contributed by atoms with van der Waals surface area (Å²) in [5.41, 5.74) is 2.34. The lowest BCUT2D eigenvalue weighted by Gasteiger charge is -2.18. The maximum atomic E-state index is 12.5. The van der Waals surface area contributed by atoms with Crippen molar-refractivity contribution in [3.8, 4) is 0 Å². The van der Waals surface area contributed by atoms with Crippen LogP contribution in [0.1, 0.15) is 34.2 Å². The number of aryl methyl sites for hydroxylation is 2. The first-order valence-corrected chi connectivity index (χ1v) is 9.58. The van der Waals surface area contributed by atoms with E-state index in [-0.39, 0.29) is 23.7 Å². The van der Waals surface area contributed by atoms with E-state index in [0.717, 1.165) is 22.3 Å². The first-order chi connectivity index (χ1) is 14.3. The van der Waals surface area contributed by atoms with Crippen LogP contribution in [0.5, 0.6) is 0 Å². The minimum absolute atomic E-state index is 0.0542. The maximum absolute atomic E-state index is 12.5. The Morgan fingerprint density at radius 3 is 2.60 bits per heavy atom. The quantitative estimate of drug-likeness (QED) is 0.474. The summed E-state index contributed by atoms with van der Waals surface area (Å²) >= 11 is 0. The molecule has 156 valence electrons. The number of nitrogens with one attached hydrogen (secondary N) is 1. The molecule has 0 radical (unpaired) electrons. The van der Waals surface area contributed by atoms with E-state index in [2.05, 4.69) is 5.32 Å². The van der Waals surface area contributed by atoms with Gasteiger partial charge < -0.3 is 14.6 Å². The minimum atomic E-state index is -0.500. The molecule has 0 aliphatic carbocycles. The zero-order valence-corrected chi connectivity index (χ0v) is 17.1. The number of carbonyl (C=O) groups excluding carboxylic acids is 2. The second kappa shape index (κ2) is 8.77. The fraction of sp³-hybridized carbons (Fsp3) is 0.273. The van der Waals surface area contributed by atoms with Crippen LogP contribution in [0, 0.1) is 17.0 Å². The number of rotatable bonds is 7. The molecule has 8 nitrogen and oxygen atoms in total. The summed E-state index contributed by atoms with van der Waals surface area (Å²) in [6, 6.07) is 11.8. The van der Waals surface area contributed by atoms with Gasteiger partial charge in [0, 0.05) is 48.2 Å². The van der Waals surface area contributed by atoms with Gasteiger partial charge in [-0.05, 0) is 25.1 Å². The Bertz CT molecular complexity index is 1120. The highest BCUT2D eigenvalue weighted by molar-refractivity contribution is 5.97. The van der Waals surface area contributed by atoms with E-state index in [1.54, 1.807) is 14.0 Å². The molecule has 0 spiro atoms. The molecule has 0 bridgehead atoms. The van der Waals surface area contributed by atoms with Gasteiger partial charge in [-0.3, -0.25) is 19.7 Å². The normalized spacial score (nSPS) is 10.8. The van der Waals surface area contributed by atoms with Gasteiger partial charge in [0.2, 0.25) is 5.91 Å². The molecule has 8 heteroatoms. The number of amides is 2. The number of nitro groups is 1. The van der Waals surface area contributed by atoms with Gasteiger partial charge in [-0.25, -0.2) is 0 Å². The summed E-state index contributed by atoms with van der Waals surface area (Å²) < 4.78 is 5.87. The van der Waals surface area contributed by atoms with E-state index in [1.165, 1.54) is 23.1 Å². The van der Waals surface area contributed by atoms with E-state index in [9.17, 15) is 19.7 Å². The molecule has 0 aliphatic rings. The van der Waals surface area contributed by atoms with Crippen molar-refractivity contribution in [2.24, 2.45) is 0 Å². The van der Waals surface area contributed by atoms with Crippen LogP contribution < -0.4 is 5.32 Å². The van der Waals surface area contributed by atoms with Crippen LogP contribution in [-0.4, -0.2) is 35.2 Å². The number of fused-ring (bicyclic) bond motifs is 1. The Hall–Kier alpha value is -3.68. The van der Waals surface area contributed by atoms with Crippen LogP contribution in [0.25, 0.3) is 11.0 Å². The fourth-order valence-corrected chi connectivity index (χ4v) is 3.33. The summed E-state index contributed by atoms with van der Waals surface area (Å²) in [5.74, 6) is 0.119. The zero-order chi connectivity index (χ0) is 21.8. The van der Waals surface area contributed by atoms with E-state index in [0.29, 0.717) is 18.5 Å². The number of hydrogen-bond acceptors (Lipinski definition) is 5. The van der Waals surface area contributed by atoms with Crippen molar-refractivity contribution in [2.45, 2.75) is 26.8 Å². The first-order valence-electron chi connectivity index (χ1n) is 9.58. The van der Waals surface area contributed by atoms with Crippen molar-refractivity contribution in [1.29, 1.82) is 0 Å². The molecule has 0 saturated heterocycles. The summed E-state index contributed by atoms with van der Waals surface area (Å²) in [6.45, 7) is 3.75. The summed E-state index contributed by atoms with van der Waals surface area (Å²) in [4.78, 5) is 36.8. The number of benzene rings is 2. The Kier molecular flexibility index (Phi) is 6.15. The molecule has 0 unspecified atom stereocenters. The molecule has 0 saturated carbocycles. The lowest BCUT2D eigenvalue weighted by Crippen LogP contribution is -2.37. The van der Waals surface area contributed by atoms with Gasteiger partial charge in [0.05, 0.1) is 11.5 Å². The van der Waals surface area contributed by atoms with Crippen molar-refractivity contribution in [3.63, 3.8) is 0 Å². The van der Waals surface area contributed by atoms with Gasteiger partial charge in [0.1, 0.15) is 11.3 Å². The predicted molar refractivity (Wildman–Crippen MR) is 112 cm³/mol. The monoisotopic (exact) mass is 409 g/mol. The SMILES string of the molecule is CCc1oc2ccccc2c1CN(C)C(=O)CNC(=O)c1ccc([N+](=O)[O-])c(C)c1. The number of nitrogens with zero attached hydrogens (tertiary/aromatic N) is 2. The van der Waals surface area contributed by atoms with Crippen LogP contribution in [0.4, 0.5) is 5.69 Å². The van der Waals surface area contributed by atoms with Crippen molar-refractivity contribution in [2.75, 3.05) is 13.6 Å². The van der Waals surface area contributed by atoms with Gasteiger partial charge in [-0.2, -0.15) is 0 Å². The van der Waals surface area contributed by atoms with Crippen LogP contribution in [0.3, 0.4) is 0 Å². The highest BCUT2D eigenvalue weighted by Crippen LogP contribution is 2.27. The van der Waals surface area contributed by atoms with Gasteiger partial charge in [-0.15, -0.1) is 0 Å². The van der Waals surface area contributed by atoms with E-state index >= 15 is 0 Å². The Morgan fingerprint density at radius 2 is 1.93 bits per heavy atom. The number of furan rings is 1. The molecule has 0 aliphatic heterocycles. The maximum Gasteiger partial charge on any atom is 0.272 e. The molecule has 1 heterocycles. The summed E-state index contributed by atoms with van der Waals surface area (Å²) in [5, 5.41) is 14.4. The zero-order valence-electron chi connectivity index (χ0n) is 17.1. The highest BCUT2D eigenvalue weighted by Gasteiger charge is 2.19. The second-order valence-electron chi connectivity index (χ2n) is 7.04. The fourth-order valence-electron chi connectivity index (χ4n) is 3.33. The van der Waals surface area contributed by atoms with Crippen molar-refractivity contribution in [1.82, 2.24) is 10.2 Å². The first kappa shape index (κ1) is 21.0. The van der Waals surface area contributed by atoms with Gasteiger partial charge >= 0.3 is 0 Å². The Morgan fingerprint density at radius 1 is 1.20 bits per heavy atom. The highest BCUT2D eigenvalue weighted by atomic mass is 16.6. The van der Waals surface area contributed by atoms with E-state index in [1.807, 2.05) is 31.2 Å². The summed E-state index contributed by atoms with van der Waals surface area (Å²) in [6.07, 6.45) is 0.711. The van der Waals surface area contributed by atoms with Crippen molar-refractivity contribution in [3.05, 3.63) is 75.0 Å². The molecular formula is C22H23N3O5. The summed E-state index contributed by atoms with van der Waals surface area (Å²) in [7, 11) is 1.67. The average Bonchev–Trinajstić information content (AvgIpc) is 3.08. The average molecular weight is 409 g/mol. The van der Waals surface area contributed by atoms with E-state index in [4.69, 9.17) is 4.42 Å². The molecule has 2 aromatic carbocycles. The molecule has 30 heavy (non-hydrogen) atoms. The number of carbonyl (C=O) groups is 2. The van der Waals surface area contributed by atoms with Gasteiger partial charge in [0.25, 0.3) is 11.6 Å². The lowest BCUT2D eigenvalue weighted by molar-refractivity contribution is -0.385. The third kappa shape index (κ3) is 4.32. The molecule has 2 amide bonds. The minimum Gasteiger partial charge on any atom is -0.461 e. The molecule has 1 aromatic heterocycles. The van der Waals surface area contributed by atoms with Crippen LogP contribution in [0.15, 0.2) is 46.9 Å². The predicted octanol–water partition coefficient (Wildman–Crippen LogP) is 3.60.